The van der Waals surface area contributed by atoms with Crippen LogP contribution in [0.5, 0.6) is 0 Å². The molecule has 0 saturated carbocycles. The van der Waals surface area contributed by atoms with Gasteiger partial charge in [0.25, 0.3) is 0 Å². The van der Waals surface area contributed by atoms with Crippen molar-refractivity contribution in [2.45, 2.75) is 6.18 Å². The van der Waals surface area contributed by atoms with E-state index in [0.717, 1.165) is 6.21 Å². The Hall–Kier alpha value is -3.06. The number of halogens is 4. The predicted octanol–water partition coefficient (Wildman–Crippen LogP) is 3.87. The number of aromatic nitrogens is 2. The van der Waals surface area contributed by atoms with E-state index in [2.05, 4.69) is 25.9 Å². The number of benzene rings is 1. The normalized spacial score (nSPS) is 10.8. The molecule has 0 aliphatic heterocycles. The molecule has 0 bridgehead atoms. The zero-order chi connectivity index (χ0) is 19.3. The van der Waals surface area contributed by atoms with Crippen molar-refractivity contribution in [1.82, 2.24) is 9.97 Å². The van der Waals surface area contributed by atoms with Crippen molar-refractivity contribution >= 4 is 41.0 Å². The van der Waals surface area contributed by atoms with Gasteiger partial charge < -0.3 is 21.4 Å². The summed E-state index contributed by atoms with van der Waals surface area (Å²) >= 11 is 6.07. The molecule has 0 unspecified atom stereocenters. The summed E-state index contributed by atoms with van der Waals surface area (Å²) in [7, 11) is 1.32. The van der Waals surface area contributed by atoms with E-state index in [1.807, 2.05) is 6.07 Å². The maximum atomic E-state index is 12.9. The van der Waals surface area contributed by atoms with E-state index in [-0.39, 0.29) is 23.3 Å². The van der Waals surface area contributed by atoms with Gasteiger partial charge in [0, 0.05) is 25.0 Å². The van der Waals surface area contributed by atoms with E-state index in [1.165, 1.54) is 19.2 Å². The van der Waals surface area contributed by atoms with Crippen LogP contribution in [0.25, 0.3) is 0 Å². The zero-order valence-electron chi connectivity index (χ0n) is 13.4. The topological polar surface area (TPSA) is 110 Å². The lowest BCUT2D eigenvalue weighted by molar-refractivity contribution is -0.137. The van der Waals surface area contributed by atoms with Crippen LogP contribution in [0.4, 0.5) is 36.3 Å². The third kappa shape index (κ3) is 4.12. The largest absolute Gasteiger partial charge is 0.421 e. The van der Waals surface area contributed by atoms with Crippen molar-refractivity contribution in [2.24, 2.45) is 0 Å². The standard InChI is InChI=1S/C15H13ClF3N7/c1-22-13-9(15(17,18)19)7-24-14(26-13)25-11-3-2-10(16)12(8(11)6-21)23-5-4-20/h2-3,6-7,21,23H,5H2,1H3,(H2,22,24,25,26). The predicted molar refractivity (Wildman–Crippen MR) is 93.3 cm³/mol. The Morgan fingerprint density at radius 3 is 2.69 bits per heavy atom. The highest BCUT2D eigenvalue weighted by molar-refractivity contribution is 6.34. The van der Waals surface area contributed by atoms with Gasteiger partial charge in [0.05, 0.1) is 22.5 Å². The molecule has 0 aliphatic rings. The molecule has 7 nitrogen and oxygen atoms in total. The van der Waals surface area contributed by atoms with Crippen LogP contribution in [-0.4, -0.2) is 29.8 Å². The molecule has 0 radical (unpaired) electrons. The number of alkyl halides is 3. The van der Waals surface area contributed by atoms with Gasteiger partial charge in [0.1, 0.15) is 17.9 Å². The highest BCUT2D eigenvalue weighted by Gasteiger charge is 2.35. The maximum Gasteiger partial charge on any atom is 0.421 e. The first-order chi connectivity index (χ1) is 12.3. The van der Waals surface area contributed by atoms with Gasteiger partial charge in [-0.2, -0.15) is 23.4 Å². The minimum absolute atomic E-state index is 0.0370. The maximum absolute atomic E-state index is 12.9. The highest BCUT2D eigenvalue weighted by Crippen LogP contribution is 2.35. The van der Waals surface area contributed by atoms with Gasteiger partial charge in [-0.1, -0.05) is 11.6 Å². The Morgan fingerprint density at radius 2 is 2.12 bits per heavy atom. The summed E-state index contributed by atoms with van der Waals surface area (Å²) in [6.45, 7) is -0.0370. The average molecular weight is 384 g/mol. The third-order valence-electron chi connectivity index (χ3n) is 3.26. The summed E-state index contributed by atoms with van der Waals surface area (Å²) in [6, 6.07) is 4.94. The van der Waals surface area contributed by atoms with Crippen molar-refractivity contribution in [3.8, 4) is 6.07 Å². The lowest BCUT2D eigenvalue weighted by Gasteiger charge is -2.16. The van der Waals surface area contributed by atoms with Crippen molar-refractivity contribution in [3.63, 3.8) is 0 Å². The molecule has 136 valence electrons. The van der Waals surface area contributed by atoms with E-state index in [9.17, 15) is 13.2 Å². The average Bonchev–Trinajstić information content (AvgIpc) is 2.60. The lowest BCUT2D eigenvalue weighted by atomic mass is 10.1. The molecule has 1 aromatic carbocycles. The Bertz CT molecular complexity index is 862. The number of nitriles is 1. The molecule has 1 aromatic heterocycles. The third-order valence-corrected chi connectivity index (χ3v) is 3.58. The molecule has 2 rings (SSSR count). The van der Waals surface area contributed by atoms with Crippen molar-refractivity contribution in [1.29, 1.82) is 10.7 Å². The van der Waals surface area contributed by atoms with Crippen LogP contribution in [0.15, 0.2) is 18.3 Å². The fraction of sp³-hybridized carbons (Fsp3) is 0.200. The van der Waals surface area contributed by atoms with Crippen LogP contribution in [-0.2, 0) is 6.18 Å². The van der Waals surface area contributed by atoms with Gasteiger partial charge in [-0.3, -0.25) is 0 Å². The summed E-state index contributed by atoms with van der Waals surface area (Å²) in [5.41, 5.74) is -0.00631. The first-order valence-electron chi connectivity index (χ1n) is 7.14. The first-order valence-corrected chi connectivity index (χ1v) is 7.52. The van der Waals surface area contributed by atoms with E-state index in [0.29, 0.717) is 23.1 Å². The Balaban J connectivity index is 2.43. The van der Waals surface area contributed by atoms with Crippen molar-refractivity contribution in [3.05, 3.63) is 34.5 Å². The van der Waals surface area contributed by atoms with Crippen LogP contribution in [0, 0.1) is 16.7 Å². The SMILES string of the molecule is CNc1nc(Nc2ccc(Cl)c(NCC#N)c2C=N)ncc1C(F)(F)F. The van der Waals surface area contributed by atoms with Gasteiger partial charge >= 0.3 is 6.18 Å². The minimum Gasteiger partial charge on any atom is -0.372 e. The molecule has 0 amide bonds. The molecule has 0 saturated heterocycles. The molecule has 11 heteroatoms. The summed E-state index contributed by atoms with van der Waals surface area (Å²) in [6.07, 6.45) is -2.93. The second-order valence-electron chi connectivity index (χ2n) is 4.87. The number of nitrogens with one attached hydrogen (secondary N) is 4. The van der Waals surface area contributed by atoms with Crippen LogP contribution in [0.2, 0.25) is 5.02 Å². The van der Waals surface area contributed by atoms with Gasteiger partial charge in [0.15, 0.2) is 0 Å². The molecule has 26 heavy (non-hydrogen) atoms. The highest BCUT2D eigenvalue weighted by atomic mass is 35.5. The minimum atomic E-state index is -4.59. The smallest absolute Gasteiger partial charge is 0.372 e. The van der Waals surface area contributed by atoms with Crippen molar-refractivity contribution in [2.75, 3.05) is 29.5 Å². The lowest BCUT2D eigenvalue weighted by Crippen LogP contribution is -2.13. The summed E-state index contributed by atoms with van der Waals surface area (Å²) < 4.78 is 38.7. The molecule has 1 heterocycles. The number of hydrogen-bond donors (Lipinski definition) is 4. The van der Waals surface area contributed by atoms with Gasteiger partial charge in [-0.25, -0.2) is 4.98 Å². The van der Waals surface area contributed by atoms with E-state index >= 15 is 0 Å². The number of anilines is 4. The molecule has 0 aliphatic carbocycles. The molecule has 0 fully saturated rings. The monoisotopic (exact) mass is 383 g/mol. The van der Waals surface area contributed by atoms with Gasteiger partial charge in [-0.15, -0.1) is 0 Å². The van der Waals surface area contributed by atoms with Gasteiger partial charge in [-0.05, 0) is 12.1 Å². The Kier molecular flexibility index (Phi) is 5.84. The quantitative estimate of drug-likeness (QED) is 0.445. The summed E-state index contributed by atoms with van der Waals surface area (Å²) in [4.78, 5) is 7.48. The molecule has 2 aromatic rings. The van der Waals surface area contributed by atoms with Crippen LogP contribution < -0.4 is 16.0 Å². The molecular formula is C15H13ClF3N7. The number of nitrogens with zero attached hydrogens (tertiary/aromatic N) is 3. The van der Waals surface area contributed by atoms with E-state index < -0.39 is 11.7 Å². The van der Waals surface area contributed by atoms with E-state index in [4.69, 9.17) is 22.3 Å². The first kappa shape index (κ1) is 19.3. The van der Waals surface area contributed by atoms with Gasteiger partial charge in [0.2, 0.25) is 5.95 Å². The summed E-state index contributed by atoms with van der Waals surface area (Å²) in [5.74, 6) is -0.484. The number of rotatable bonds is 6. The van der Waals surface area contributed by atoms with E-state index in [1.54, 1.807) is 0 Å². The second-order valence-corrected chi connectivity index (χ2v) is 5.28. The molecule has 0 atom stereocenters. The Morgan fingerprint density at radius 1 is 1.38 bits per heavy atom. The molecule has 4 N–H and O–H groups in total. The molecular weight excluding hydrogens is 371 g/mol. The number of hydrogen-bond acceptors (Lipinski definition) is 7. The van der Waals surface area contributed by atoms with Crippen LogP contribution in [0.3, 0.4) is 0 Å². The van der Waals surface area contributed by atoms with Crippen LogP contribution >= 0.6 is 11.6 Å². The molecule has 0 spiro atoms. The Labute approximate surface area is 151 Å². The zero-order valence-corrected chi connectivity index (χ0v) is 14.1. The summed E-state index contributed by atoms with van der Waals surface area (Å²) in [5, 5.41) is 24.5. The van der Waals surface area contributed by atoms with Crippen LogP contribution in [0.1, 0.15) is 11.1 Å². The van der Waals surface area contributed by atoms with Crippen molar-refractivity contribution < 1.29 is 13.2 Å². The second kappa shape index (κ2) is 7.88. The fourth-order valence-electron chi connectivity index (χ4n) is 2.12. The fourth-order valence-corrected chi connectivity index (χ4v) is 2.35.